The summed E-state index contributed by atoms with van der Waals surface area (Å²) in [7, 11) is 0. The second-order valence-corrected chi connectivity index (χ2v) is 9.12. The Kier molecular flexibility index (Phi) is 5.79. The van der Waals surface area contributed by atoms with Crippen LogP contribution in [0.3, 0.4) is 0 Å². The summed E-state index contributed by atoms with van der Waals surface area (Å²) >= 11 is 0. The minimum Gasteiger partial charge on any atom is -0.383 e. The molecule has 0 aliphatic carbocycles. The summed E-state index contributed by atoms with van der Waals surface area (Å²) in [5, 5.41) is 5.58. The molecule has 2 aliphatic heterocycles. The van der Waals surface area contributed by atoms with Crippen molar-refractivity contribution in [3.63, 3.8) is 0 Å². The van der Waals surface area contributed by atoms with E-state index >= 15 is 0 Å². The molecule has 4 aromatic rings. The molecule has 0 aromatic carbocycles. The molecule has 9 heteroatoms. The summed E-state index contributed by atoms with van der Waals surface area (Å²) < 4.78 is 13.7. The number of nitrogen functional groups attached to an aromatic ring is 1. The smallest absolute Gasteiger partial charge is 0.150 e. The van der Waals surface area contributed by atoms with Crippen molar-refractivity contribution in [2.24, 2.45) is 0 Å². The van der Waals surface area contributed by atoms with E-state index in [1.165, 1.54) is 0 Å². The highest BCUT2D eigenvalue weighted by Crippen LogP contribution is 2.38. The van der Waals surface area contributed by atoms with Gasteiger partial charge in [-0.15, -0.1) is 0 Å². The number of pyridine rings is 3. The quantitative estimate of drug-likeness (QED) is 0.475. The van der Waals surface area contributed by atoms with Crippen LogP contribution >= 0.6 is 0 Å². The average molecular weight is 472 g/mol. The second-order valence-electron chi connectivity index (χ2n) is 9.12. The fourth-order valence-electron chi connectivity index (χ4n) is 5.06. The molecule has 9 nitrogen and oxygen atoms in total. The molecule has 2 saturated heterocycles. The van der Waals surface area contributed by atoms with Crippen LogP contribution in [0.15, 0.2) is 48.9 Å². The summed E-state index contributed by atoms with van der Waals surface area (Å²) in [5.41, 5.74) is 10.7. The van der Waals surface area contributed by atoms with Crippen molar-refractivity contribution in [1.29, 1.82) is 0 Å². The maximum Gasteiger partial charge on any atom is 0.150 e. The molecule has 6 rings (SSSR count). The summed E-state index contributed by atoms with van der Waals surface area (Å²) in [5.74, 6) is 1.36. The van der Waals surface area contributed by atoms with E-state index in [1.54, 1.807) is 6.20 Å². The highest BCUT2D eigenvalue weighted by molar-refractivity contribution is 6.03. The lowest BCUT2D eigenvalue weighted by atomic mass is 10.0. The summed E-state index contributed by atoms with van der Waals surface area (Å²) in [6.07, 6.45) is 8.38. The Labute approximate surface area is 203 Å². The molecule has 2 aliphatic rings. The first-order valence-electron chi connectivity index (χ1n) is 12.2. The average Bonchev–Trinajstić information content (AvgIpc) is 3.39. The SMILES string of the molecule is CC1COCCN1c1cc(-c2cccnc2N)c2ccnc(-c3ccnn3C3CCCCO3)c2n1. The van der Waals surface area contributed by atoms with Crippen molar-refractivity contribution in [2.45, 2.75) is 38.5 Å². The number of fused-ring (bicyclic) bond motifs is 1. The summed E-state index contributed by atoms with van der Waals surface area (Å²) in [4.78, 5) is 16.6. The van der Waals surface area contributed by atoms with Crippen molar-refractivity contribution >= 4 is 22.5 Å². The van der Waals surface area contributed by atoms with Crippen LogP contribution in [0.5, 0.6) is 0 Å². The minimum atomic E-state index is -0.0957. The molecule has 35 heavy (non-hydrogen) atoms. The summed E-state index contributed by atoms with van der Waals surface area (Å²) in [6, 6.07) is 10.2. The molecule has 4 aromatic heterocycles. The van der Waals surface area contributed by atoms with E-state index in [0.29, 0.717) is 19.0 Å². The van der Waals surface area contributed by atoms with Gasteiger partial charge in [-0.25, -0.2) is 14.6 Å². The van der Waals surface area contributed by atoms with E-state index in [0.717, 1.165) is 71.6 Å². The van der Waals surface area contributed by atoms with Crippen LogP contribution in [0.4, 0.5) is 11.6 Å². The van der Waals surface area contributed by atoms with Crippen molar-refractivity contribution in [3.8, 4) is 22.5 Å². The zero-order valence-electron chi connectivity index (χ0n) is 19.8. The molecule has 0 amide bonds. The molecule has 0 bridgehead atoms. The van der Waals surface area contributed by atoms with Gasteiger partial charge < -0.3 is 20.1 Å². The van der Waals surface area contributed by atoms with E-state index in [1.807, 2.05) is 41.3 Å². The number of rotatable bonds is 4. The van der Waals surface area contributed by atoms with Gasteiger partial charge in [-0.1, -0.05) is 0 Å². The first-order chi connectivity index (χ1) is 17.2. The van der Waals surface area contributed by atoms with Gasteiger partial charge in [-0.05, 0) is 62.1 Å². The molecular weight excluding hydrogens is 442 g/mol. The normalized spacial score (nSPS) is 20.9. The van der Waals surface area contributed by atoms with E-state index in [4.69, 9.17) is 25.2 Å². The number of ether oxygens (including phenoxy) is 2. The molecule has 6 heterocycles. The Morgan fingerprint density at radius 1 is 1.03 bits per heavy atom. The molecule has 180 valence electrons. The first kappa shape index (κ1) is 21.9. The number of hydrogen-bond donors (Lipinski definition) is 1. The van der Waals surface area contributed by atoms with Gasteiger partial charge in [-0.3, -0.25) is 4.98 Å². The van der Waals surface area contributed by atoms with Crippen molar-refractivity contribution in [1.82, 2.24) is 24.7 Å². The maximum absolute atomic E-state index is 6.34. The van der Waals surface area contributed by atoms with Crippen LogP contribution < -0.4 is 10.6 Å². The molecule has 2 fully saturated rings. The molecule has 0 spiro atoms. The standard InChI is InChI=1S/C26H29N7O2/c1-17-16-34-14-12-32(17)22-15-20(19-5-4-9-29-26(19)27)18-7-10-28-25(24(18)31-22)21-8-11-30-33(21)23-6-2-3-13-35-23/h4-5,7-11,15,17,23H,2-3,6,12-14,16H2,1H3,(H2,27,29). The van der Waals surface area contributed by atoms with E-state index in [-0.39, 0.29) is 12.3 Å². The van der Waals surface area contributed by atoms with Crippen molar-refractivity contribution in [3.05, 3.63) is 48.9 Å². The molecule has 0 radical (unpaired) electrons. The van der Waals surface area contributed by atoms with Crippen molar-refractivity contribution < 1.29 is 9.47 Å². The zero-order valence-corrected chi connectivity index (χ0v) is 19.8. The van der Waals surface area contributed by atoms with E-state index in [2.05, 4.69) is 28.0 Å². The van der Waals surface area contributed by atoms with E-state index in [9.17, 15) is 0 Å². The predicted octanol–water partition coefficient (Wildman–Crippen LogP) is 4.06. The van der Waals surface area contributed by atoms with Gasteiger partial charge in [0.25, 0.3) is 0 Å². The second kappa shape index (κ2) is 9.24. The monoisotopic (exact) mass is 471 g/mol. The number of nitrogens with zero attached hydrogens (tertiary/aromatic N) is 6. The first-order valence-corrected chi connectivity index (χ1v) is 12.2. The Morgan fingerprint density at radius 3 is 2.80 bits per heavy atom. The van der Waals surface area contributed by atoms with Gasteiger partial charge in [0.1, 0.15) is 22.8 Å². The van der Waals surface area contributed by atoms with Gasteiger partial charge in [0.15, 0.2) is 6.23 Å². The fraction of sp³-hybridized carbons (Fsp3) is 0.385. The highest BCUT2D eigenvalue weighted by atomic mass is 16.5. The van der Waals surface area contributed by atoms with Gasteiger partial charge >= 0.3 is 0 Å². The van der Waals surface area contributed by atoms with Gasteiger partial charge in [0.05, 0.1) is 24.9 Å². The molecule has 2 unspecified atom stereocenters. The lowest BCUT2D eigenvalue weighted by molar-refractivity contribution is -0.0383. The number of aromatic nitrogens is 5. The molecule has 2 atom stereocenters. The van der Waals surface area contributed by atoms with Crippen molar-refractivity contribution in [2.75, 3.05) is 37.0 Å². The van der Waals surface area contributed by atoms with Crippen LogP contribution in [-0.2, 0) is 9.47 Å². The topological polar surface area (TPSA) is 104 Å². The lowest BCUT2D eigenvalue weighted by Gasteiger charge is -2.34. The third-order valence-corrected chi connectivity index (χ3v) is 6.85. The van der Waals surface area contributed by atoms with Crippen LogP contribution in [0, 0.1) is 0 Å². The number of anilines is 2. The van der Waals surface area contributed by atoms with Crippen LogP contribution in [0.1, 0.15) is 32.4 Å². The lowest BCUT2D eigenvalue weighted by Crippen LogP contribution is -2.44. The number of morpholine rings is 1. The van der Waals surface area contributed by atoms with E-state index < -0.39 is 0 Å². The molecular formula is C26H29N7O2. The fourth-order valence-corrected chi connectivity index (χ4v) is 5.06. The maximum atomic E-state index is 6.34. The largest absolute Gasteiger partial charge is 0.383 e. The van der Waals surface area contributed by atoms with Gasteiger partial charge in [0.2, 0.25) is 0 Å². The number of hydrogen-bond acceptors (Lipinski definition) is 8. The van der Waals surface area contributed by atoms with Gasteiger partial charge in [0, 0.05) is 42.7 Å². The number of nitrogens with two attached hydrogens (primary N) is 1. The zero-order chi connectivity index (χ0) is 23.8. The minimum absolute atomic E-state index is 0.0957. The van der Waals surface area contributed by atoms with Crippen LogP contribution in [-0.4, -0.2) is 57.1 Å². The highest BCUT2D eigenvalue weighted by Gasteiger charge is 2.25. The Morgan fingerprint density at radius 2 is 1.97 bits per heavy atom. The Balaban J connectivity index is 1.58. The molecule has 0 saturated carbocycles. The third kappa shape index (κ3) is 4.00. The Bertz CT molecular complexity index is 1350. The van der Waals surface area contributed by atoms with Crippen LogP contribution in [0.25, 0.3) is 33.4 Å². The third-order valence-electron chi connectivity index (χ3n) is 6.85. The van der Waals surface area contributed by atoms with Crippen LogP contribution in [0.2, 0.25) is 0 Å². The molecule has 2 N–H and O–H groups in total. The van der Waals surface area contributed by atoms with Gasteiger partial charge in [-0.2, -0.15) is 5.10 Å². The predicted molar refractivity (Wildman–Crippen MR) is 135 cm³/mol. The summed E-state index contributed by atoms with van der Waals surface area (Å²) in [6.45, 7) is 5.00. The Hall–Kier alpha value is -3.56.